The van der Waals surface area contributed by atoms with Crippen molar-refractivity contribution in [1.82, 2.24) is 15.3 Å². The van der Waals surface area contributed by atoms with Crippen LogP contribution in [0.25, 0.3) is 0 Å². The molecule has 0 aliphatic carbocycles. The summed E-state index contributed by atoms with van der Waals surface area (Å²) in [7, 11) is 0. The number of halogens is 2. The van der Waals surface area contributed by atoms with Gasteiger partial charge in [0.25, 0.3) is 5.91 Å². The zero-order valence-corrected chi connectivity index (χ0v) is 12.6. The number of anilines is 1. The first-order valence-electron chi connectivity index (χ1n) is 6.89. The molecule has 1 fully saturated rings. The van der Waals surface area contributed by atoms with Gasteiger partial charge in [-0.2, -0.15) is 0 Å². The second-order valence-electron chi connectivity index (χ2n) is 4.99. The molecular formula is C15H12ClFN4O2. The summed E-state index contributed by atoms with van der Waals surface area (Å²) >= 11 is 5.74. The van der Waals surface area contributed by atoms with Crippen LogP contribution in [0.15, 0.2) is 36.8 Å². The summed E-state index contributed by atoms with van der Waals surface area (Å²) in [5.74, 6) is -1.28. The quantitative estimate of drug-likeness (QED) is 0.928. The molecule has 118 valence electrons. The van der Waals surface area contributed by atoms with Crippen LogP contribution in [0.1, 0.15) is 16.9 Å². The topological polar surface area (TPSA) is 75.2 Å². The smallest absolute Gasteiger partial charge is 0.272 e. The van der Waals surface area contributed by atoms with Crippen molar-refractivity contribution in [2.75, 3.05) is 11.4 Å². The van der Waals surface area contributed by atoms with Gasteiger partial charge < -0.3 is 10.2 Å². The molecule has 3 rings (SSSR count). The Bertz CT molecular complexity index is 756. The van der Waals surface area contributed by atoms with Crippen molar-refractivity contribution in [3.8, 4) is 0 Å². The van der Waals surface area contributed by atoms with Crippen molar-refractivity contribution in [3.63, 3.8) is 0 Å². The van der Waals surface area contributed by atoms with E-state index in [0.717, 1.165) is 0 Å². The molecule has 2 heterocycles. The third kappa shape index (κ3) is 3.14. The lowest BCUT2D eigenvalue weighted by molar-refractivity contribution is -0.118. The highest BCUT2D eigenvalue weighted by Gasteiger charge is 2.34. The molecule has 1 aliphatic heterocycles. The first-order chi connectivity index (χ1) is 11.1. The molecule has 1 aliphatic rings. The molecule has 0 radical (unpaired) electrons. The average Bonchev–Trinajstić information content (AvgIpc) is 2.92. The molecule has 1 unspecified atom stereocenters. The van der Waals surface area contributed by atoms with Crippen LogP contribution in [0.3, 0.4) is 0 Å². The Balaban J connectivity index is 1.71. The molecule has 1 atom stereocenters. The van der Waals surface area contributed by atoms with Gasteiger partial charge in [0.1, 0.15) is 17.6 Å². The van der Waals surface area contributed by atoms with Crippen molar-refractivity contribution >= 4 is 29.1 Å². The van der Waals surface area contributed by atoms with Crippen molar-refractivity contribution in [3.05, 3.63) is 53.3 Å². The molecule has 0 bridgehead atoms. The fourth-order valence-electron chi connectivity index (χ4n) is 2.37. The lowest BCUT2D eigenvalue weighted by Crippen LogP contribution is -2.41. The lowest BCUT2D eigenvalue weighted by atomic mass is 10.2. The predicted octanol–water partition coefficient (Wildman–Crippen LogP) is 1.80. The number of carbonyl (C=O) groups is 2. The highest BCUT2D eigenvalue weighted by molar-refractivity contribution is 6.31. The number of carbonyl (C=O) groups excluding carboxylic acids is 2. The Morgan fingerprint density at radius 2 is 2.22 bits per heavy atom. The largest absolute Gasteiger partial charge is 0.339 e. The van der Waals surface area contributed by atoms with E-state index < -0.39 is 17.8 Å². The van der Waals surface area contributed by atoms with Gasteiger partial charge >= 0.3 is 0 Å². The van der Waals surface area contributed by atoms with Crippen molar-refractivity contribution < 1.29 is 14.0 Å². The van der Waals surface area contributed by atoms with Gasteiger partial charge in [-0.3, -0.25) is 14.6 Å². The van der Waals surface area contributed by atoms with Crippen LogP contribution in [0.5, 0.6) is 0 Å². The van der Waals surface area contributed by atoms with E-state index in [1.807, 2.05) is 0 Å². The second kappa shape index (κ2) is 6.29. The normalized spacial score (nSPS) is 17.4. The van der Waals surface area contributed by atoms with E-state index in [4.69, 9.17) is 11.6 Å². The number of nitrogens with one attached hydrogen (secondary N) is 1. The Morgan fingerprint density at radius 3 is 2.91 bits per heavy atom. The summed E-state index contributed by atoms with van der Waals surface area (Å²) in [4.78, 5) is 33.6. The maximum Gasteiger partial charge on any atom is 0.272 e. The zero-order valence-electron chi connectivity index (χ0n) is 11.9. The van der Waals surface area contributed by atoms with Gasteiger partial charge in [-0.15, -0.1) is 0 Å². The third-order valence-electron chi connectivity index (χ3n) is 3.52. The molecule has 0 saturated carbocycles. The van der Waals surface area contributed by atoms with E-state index in [0.29, 0.717) is 18.7 Å². The number of hydrogen-bond donors (Lipinski definition) is 1. The minimum Gasteiger partial charge on any atom is -0.339 e. The summed E-state index contributed by atoms with van der Waals surface area (Å²) in [5, 5.41) is 2.58. The van der Waals surface area contributed by atoms with Crippen molar-refractivity contribution in [2.45, 2.75) is 12.5 Å². The van der Waals surface area contributed by atoms with Crippen molar-refractivity contribution in [1.29, 1.82) is 0 Å². The standard InChI is InChI=1S/C15H12ClFN4O2/c16-10-7-9(1-2-11(10)17)21-6-3-12(15(21)23)20-14(22)13-8-18-4-5-19-13/h1-2,4-5,7-8,12H,3,6H2,(H,20,22). The van der Waals surface area contributed by atoms with Crippen LogP contribution in [-0.4, -0.2) is 34.4 Å². The summed E-state index contributed by atoms with van der Waals surface area (Å²) in [6.07, 6.45) is 4.63. The van der Waals surface area contributed by atoms with Gasteiger partial charge in [0.15, 0.2) is 0 Å². The summed E-state index contributed by atoms with van der Waals surface area (Å²) < 4.78 is 13.2. The molecule has 23 heavy (non-hydrogen) atoms. The number of nitrogens with zero attached hydrogens (tertiary/aromatic N) is 3. The summed E-state index contributed by atoms with van der Waals surface area (Å²) in [6.45, 7) is 0.409. The van der Waals surface area contributed by atoms with Gasteiger partial charge in [-0.25, -0.2) is 9.37 Å². The number of amides is 2. The van der Waals surface area contributed by atoms with E-state index in [2.05, 4.69) is 15.3 Å². The van der Waals surface area contributed by atoms with E-state index >= 15 is 0 Å². The van der Waals surface area contributed by atoms with Crippen LogP contribution in [0.2, 0.25) is 5.02 Å². The minimum absolute atomic E-state index is 0.0534. The molecule has 1 N–H and O–H groups in total. The molecule has 1 saturated heterocycles. The predicted molar refractivity (Wildman–Crippen MR) is 81.7 cm³/mol. The number of rotatable bonds is 3. The second-order valence-corrected chi connectivity index (χ2v) is 5.40. The summed E-state index contributed by atoms with van der Waals surface area (Å²) in [5.41, 5.74) is 0.640. The number of hydrogen-bond acceptors (Lipinski definition) is 4. The first-order valence-corrected chi connectivity index (χ1v) is 7.27. The van der Waals surface area contributed by atoms with Crippen LogP contribution < -0.4 is 10.2 Å². The Hall–Kier alpha value is -2.54. The van der Waals surface area contributed by atoms with E-state index in [9.17, 15) is 14.0 Å². The van der Waals surface area contributed by atoms with Gasteiger partial charge in [0.05, 0.1) is 11.2 Å². The molecule has 1 aromatic carbocycles. The Kier molecular flexibility index (Phi) is 4.20. The highest BCUT2D eigenvalue weighted by atomic mass is 35.5. The third-order valence-corrected chi connectivity index (χ3v) is 3.81. The first kappa shape index (κ1) is 15.4. The van der Waals surface area contributed by atoms with E-state index in [-0.39, 0.29) is 16.6 Å². The average molecular weight is 335 g/mol. The Labute approximate surface area is 136 Å². The molecule has 0 spiro atoms. The monoisotopic (exact) mass is 334 g/mol. The lowest BCUT2D eigenvalue weighted by Gasteiger charge is -2.17. The van der Waals surface area contributed by atoms with Crippen LogP contribution >= 0.6 is 11.6 Å². The highest BCUT2D eigenvalue weighted by Crippen LogP contribution is 2.26. The van der Waals surface area contributed by atoms with E-state index in [1.165, 1.54) is 41.7 Å². The molecule has 8 heteroatoms. The van der Waals surface area contributed by atoms with Gasteiger partial charge in [-0.1, -0.05) is 11.6 Å². The fraction of sp³-hybridized carbons (Fsp3) is 0.200. The maximum absolute atomic E-state index is 13.2. The van der Waals surface area contributed by atoms with E-state index in [1.54, 1.807) is 0 Å². The van der Waals surface area contributed by atoms with Gasteiger partial charge in [0.2, 0.25) is 5.91 Å². The molecule has 6 nitrogen and oxygen atoms in total. The summed E-state index contributed by atoms with van der Waals surface area (Å²) in [6, 6.07) is 3.41. The molecule has 2 amide bonds. The Morgan fingerprint density at radius 1 is 1.39 bits per heavy atom. The van der Waals surface area contributed by atoms with Gasteiger partial charge in [-0.05, 0) is 24.6 Å². The molecular weight excluding hydrogens is 323 g/mol. The van der Waals surface area contributed by atoms with Crippen molar-refractivity contribution in [2.24, 2.45) is 0 Å². The van der Waals surface area contributed by atoms with Gasteiger partial charge in [0, 0.05) is 24.6 Å². The molecule has 1 aromatic heterocycles. The number of benzene rings is 1. The molecule has 2 aromatic rings. The number of aromatic nitrogens is 2. The van der Waals surface area contributed by atoms with Crippen LogP contribution in [0.4, 0.5) is 10.1 Å². The zero-order chi connectivity index (χ0) is 16.4. The SMILES string of the molecule is O=C(NC1CCN(c2ccc(F)c(Cl)c2)C1=O)c1cnccn1. The maximum atomic E-state index is 13.2. The van der Waals surface area contributed by atoms with Crippen LogP contribution in [-0.2, 0) is 4.79 Å². The van der Waals surface area contributed by atoms with Crippen LogP contribution in [0, 0.1) is 5.82 Å². The minimum atomic E-state index is -0.659. The fourth-order valence-corrected chi connectivity index (χ4v) is 2.55.